The Morgan fingerprint density at radius 3 is 1.49 bits per heavy atom. The third-order valence-corrected chi connectivity index (χ3v) is 10.3. The topological polar surface area (TPSA) is 97.5 Å². The average Bonchev–Trinajstić information content (AvgIpc) is 3.64. The molecule has 8 aromatic rings. The van der Waals surface area contributed by atoms with Crippen molar-refractivity contribution < 1.29 is 18.7 Å². The Balaban J connectivity index is 1.13. The zero-order valence-electron chi connectivity index (χ0n) is 29.4. The first-order valence-electron chi connectivity index (χ1n) is 17.3. The van der Waals surface area contributed by atoms with Gasteiger partial charge in [0.15, 0.2) is 12.4 Å². The summed E-state index contributed by atoms with van der Waals surface area (Å²) in [5.74, 6) is -0.362. The maximum absolute atomic E-state index is 13.8. The fourth-order valence-electron chi connectivity index (χ4n) is 7.74. The molecule has 8 heteroatoms. The smallest absolute Gasteiger partial charge is 0.257 e. The molecule has 0 saturated carbocycles. The Morgan fingerprint density at radius 1 is 0.627 bits per heavy atom. The number of anilines is 2. The van der Waals surface area contributed by atoms with Gasteiger partial charge < -0.3 is 20.6 Å². The van der Waals surface area contributed by atoms with Crippen LogP contribution in [0, 0.1) is 13.8 Å². The zero-order chi connectivity index (χ0) is 35.4. The molecular formula is C43H40N6O2+2. The number of H-pyrrole nitrogens is 2. The highest BCUT2D eigenvalue weighted by Gasteiger charge is 2.26. The van der Waals surface area contributed by atoms with E-state index in [1.54, 1.807) is 0 Å². The molecule has 0 aliphatic heterocycles. The lowest BCUT2D eigenvalue weighted by atomic mass is 9.92. The summed E-state index contributed by atoms with van der Waals surface area (Å²) < 4.78 is 4.05. The van der Waals surface area contributed by atoms with Gasteiger partial charge in [-0.3, -0.25) is 9.59 Å². The predicted octanol–water partition coefficient (Wildman–Crippen LogP) is 8.27. The Morgan fingerprint density at radius 2 is 1.06 bits per heavy atom. The first-order valence-corrected chi connectivity index (χ1v) is 17.3. The zero-order valence-corrected chi connectivity index (χ0v) is 29.4. The van der Waals surface area contributed by atoms with Crippen molar-refractivity contribution in [3.05, 3.63) is 143 Å². The molecule has 2 amide bonds. The molecule has 0 aliphatic carbocycles. The number of nitrogens with zero attached hydrogens (tertiary/aromatic N) is 2. The van der Waals surface area contributed by atoms with Crippen LogP contribution in [-0.4, -0.2) is 21.8 Å². The molecule has 4 N–H and O–H groups in total. The first kappa shape index (κ1) is 32.0. The Hall–Kier alpha value is -6.28. The molecule has 0 atom stereocenters. The number of benzene rings is 4. The van der Waals surface area contributed by atoms with Gasteiger partial charge in [0.1, 0.15) is 25.5 Å². The minimum absolute atomic E-state index is 0.0179. The van der Waals surface area contributed by atoms with E-state index in [1.165, 1.54) is 0 Å². The van der Waals surface area contributed by atoms with E-state index in [9.17, 15) is 9.59 Å². The molecule has 8 nitrogen and oxygen atoms in total. The number of aromatic amines is 2. The van der Waals surface area contributed by atoms with Gasteiger partial charge in [0.25, 0.3) is 11.8 Å². The average molecular weight is 673 g/mol. The summed E-state index contributed by atoms with van der Waals surface area (Å²) in [5, 5.41) is 10.4. The number of fused-ring (bicyclic) bond motifs is 4. The second-order valence-electron chi connectivity index (χ2n) is 13.4. The van der Waals surface area contributed by atoms with Crippen molar-refractivity contribution in [2.45, 2.75) is 33.1 Å². The minimum Gasteiger partial charge on any atom is -0.357 e. The van der Waals surface area contributed by atoms with Gasteiger partial charge in [-0.2, -0.15) is 9.13 Å². The van der Waals surface area contributed by atoms with Gasteiger partial charge in [-0.15, -0.1) is 0 Å². The maximum atomic E-state index is 13.8. The minimum atomic E-state index is -0.172. The highest BCUT2D eigenvalue weighted by atomic mass is 16.2. The van der Waals surface area contributed by atoms with Crippen LogP contribution in [0.4, 0.5) is 11.4 Å². The highest BCUT2D eigenvalue weighted by molar-refractivity contribution is 6.14. The van der Waals surface area contributed by atoms with Crippen molar-refractivity contribution in [3.8, 4) is 0 Å². The second kappa shape index (κ2) is 12.6. The van der Waals surface area contributed by atoms with Gasteiger partial charge in [-0.1, -0.05) is 55.5 Å². The number of carbonyl (C=O) groups excluding carboxylic acids is 2. The van der Waals surface area contributed by atoms with Gasteiger partial charge in [0, 0.05) is 51.0 Å². The predicted molar refractivity (Wildman–Crippen MR) is 204 cm³/mol. The van der Waals surface area contributed by atoms with Crippen LogP contribution in [0.5, 0.6) is 0 Å². The monoisotopic (exact) mass is 672 g/mol. The lowest BCUT2D eigenvalue weighted by Crippen LogP contribution is -2.29. The standard InChI is InChI=1S/C43H38N6O2/c1-6-31(38-25(2)32-15-11-17-34(40(32)46-38)42(50)44-29-21-27-13-7-9-19-36(27)48(4)23-29)39-26(3)33-16-12-18-35(41(33)47-39)43(51)45-30-22-28-14-8-10-20-37(28)49(5)24-30/h7-24,31H,6H2,1-5H3,(H2-2,44,45,46,47,50,51)/p+2. The van der Waals surface area contributed by atoms with Crippen molar-refractivity contribution in [2.24, 2.45) is 14.1 Å². The largest absolute Gasteiger partial charge is 0.357 e. The SMILES string of the molecule is CCC(c1[nH]c2c(C(=O)Nc3cc4ccccc4[n+](C)c3)cccc2c1C)c1[nH]c2c(C(=O)Nc3cc4ccccc4[n+](C)c3)cccc2c1C. The van der Waals surface area contributed by atoms with E-state index in [-0.39, 0.29) is 17.7 Å². The summed E-state index contributed by atoms with van der Waals surface area (Å²) in [6, 6.07) is 32.0. The second-order valence-corrected chi connectivity index (χ2v) is 13.4. The number of rotatable bonds is 7. The molecule has 0 fully saturated rings. The molecule has 4 heterocycles. The lowest BCUT2D eigenvalue weighted by Gasteiger charge is -2.15. The van der Waals surface area contributed by atoms with Crippen LogP contribution in [0.15, 0.2) is 109 Å². The van der Waals surface area contributed by atoms with Crippen molar-refractivity contribution in [2.75, 3.05) is 10.6 Å². The number of aromatic nitrogens is 4. The summed E-state index contributed by atoms with van der Waals surface area (Å²) >= 11 is 0. The number of pyridine rings is 2. The molecular weight excluding hydrogens is 633 g/mol. The summed E-state index contributed by atoms with van der Waals surface area (Å²) in [4.78, 5) is 35.0. The highest BCUT2D eigenvalue weighted by Crippen LogP contribution is 2.38. The van der Waals surface area contributed by atoms with E-state index < -0.39 is 0 Å². The Labute approximate surface area is 295 Å². The Bertz CT molecular complexity index is 2500. The summed E-state index contributed by atoms with van der Waals surface area (Å²) in [5.41, 5.74) is 10.7. The number of hydrogen-bond donors (Lipinski definition) is 4. The van der Waals surface area contributed by atoms with Crippen molar-refractivity contribution in [1.82, 2.24) is 9.97 Å². The van der Waals surface area contributed by atoms with E-state index >= 15 is 0 Å². The van der Waals surface area contributed by atoms with Gasteiger partial charge in [0.2, 0.25) is 11.0 Å². The lowest BCUT2D eigenvalue weighted by molar-refractivity contribution is -0.644. The van der Waals surface area contributed by atoms with Crippen molar-refractivity contribution in [3.63, 3.8) is 0 Å². The van der Waals surface area contributed by atoms with Gasteiger partial charge in [0.05, 0.1) is 22.2 Å². The van der Waals surface area contributed by atoms with E-state index in [2.05, 4.69) is 65.6 Å². The quantitative estimate of drug-likeness (QED) is 0.128. The van der Waals surface area contributed by atoms with E-state index in [1.807, 2.05) is 108 Å². The molecule has 0 spiro atoms. The summed E-state index contributed by atoms with van der Waals surface area (Å²) in [6.45, 7) is 6.39. The molecule has 0 radical (unpaired) electrons. The fourth-order valence-corrected chi connectivity index (χ4v) is 7.74. The van der Waals surface area contributed by atoms with Gasteiger partial charge in [-0.25, -0.2) is 0 Å². The number of carbonyl (C=O) groups is 2. The fraction of sp³-hybridized carbons (Fsp3) is 0.163. The van der Waals surface area contributed by atoms with Crippen LogP contribution in [0.3, 0.4) is 0 Å². The Kier molecular flexibility index (Phi) is 7.87. The summed E-state index contributed by atoms with van der Waals surface area (Å²) in [6.07, 6.45) is 4.69. The first-order chi connectivity index (χ1) is 24.7. The van der Waals surface area contributed by atoms with Crippen LogP contribution in [0.2, 0.25) is 0 Å². The van der Waals surface area contributed by atoms with Crippen LogP contribution in [-0.2, 0) is 14.1 Å². The number of hydrogen-bond acceptors (Lipinski definition) is 2. The van der Waals surface area contributed by atoms with E-state index in [0.717, 1.165) is 83.9 Å². The van der Waals surface area contributed by atoms with Crippen LogP contribution >= 0.6 is 0 Å². The molecule has 0 unspecified atom stereocenters. The van der Waals surface area contributed by atoms with Crippen LogP contribution < -0.4 is 19.8 Å². The molecule has 252 valence electrons. The number of nitrogens with one attached hydrogen (secondary N) is 4. The van der Waals surface area contributed by atoms with Crippen LogP contribution in [0.25, 0.3) is 43.6 Å². The molecule has 4 aromatic heterocycles. The number of amides is 2. The molecule has 8 rings (SSSR count). The molecule has 0 aliphatic rings. The summed E-state index contributed by atoms with van der Waals surface area (Å²) in [7, 11) is 3.97. The van der Waals surface area contributed by atoms with Crippen molar-refractivity contribution >= 4 is 66.8 Å². The molecule has 0 saturated heterocycles. The molecule has 51 heavy (non-hydrogen) atoms. The van der Waals surface area contributed by atoms with E-state index in [0.29, 0.717) is 11.1 Å². The number of para-hydroxylation sites is 4. The maximum Gasteiger partial charge on any atom is 0.257 e. The van der Waals surface area contributed by atoms with Gasteiger partial charge in [-0.05, 0) is 67.8 Å². The van der Waals surface area contributed by atoms with Crippen LogP contribution in [0.1, 0.15) is 62.5 Å². The van der Waals surface area contributed by atoms with Crippen molar-refractivity contribution in [1.29, 1.82) is 0 Å². The van der Waals surface area contributed by atoms with E-state index in [4.69, 9.17) is 0 Å². The molecule has 4 aromatic carbocycles. The normalized spacial score (nSPS) is 11.6. The molecule has 0 bridgehead atoms. The van der Waals surface area contributed by atoms with Gasteiger partial charge >= 0.3 is 0 Å². The third-order valence-electron chi connectivity index (χ3n) is 10.3. The third kappa shape index (κ3) is 5.49. The number of aryl methyl sites for hydroxylation is 4.